The van der Waals surface area contributed by atoms with Gasteiger partial charge in [-0.15, -0.1) is 11.3 Å². The highest BCUT2D eigenvalue weighted by atomic mass is 32.1. The highest BCUT2D eigenvalue weighted by Gasteiger charge is 2.45. The maximum absolute atomic E-state index is 16.2. The van der Waals surface area contributed by atoms with Crippen molar-refractivity contribution in [3.63, 3.8) is 0 Å². The molecule has 2 aromatic carbocycles. The Morgan fingerprint density at radius 3 is 2.25 bits per heavy atom. The number of anilines is 2. The zero-order valence-electron chi connectivity index (χ0n) is 44.1. The van der Waals surface area contributed by atoms with Crippen molar-refractivity contribution in [2.45, 2.75) is 136 Å². The summed E-state index contributed by atoms with van der Waals surface area (Å²) in [5.41, 5.74) is 1.79. The number of β-amino-alcohol motifs (C(OH)–C–C–N with tert-alkyl or cyclic N) is 1. The van der Waals surface area contributed by atoms with Crippen LogP contribution in [-0.2, 0) is 31.9 Å². The molecule has 3 aliphatic heterocycles. The molecular weight excluding hydrogens is 1010 g/mol. The molecule has 5 N–H and O–H groups in total. The van der Waals surface area contributed by atoms with Gasteiger partial charge in [0.15, 0.2) is 0 Å². The van der Waals surface area contributed by atoms with Crippen LogP contribution in [-0.4, -0.2) is 129 Å². The van der Waals surface area contributed by atoms with Crippen molar-refractivity contribution in [1.29, 1.82) is 0 Å². The zero-order valence-corrected chi connectivity index (χ0v) is 44.9. The summed E-state index contributed by atoms with van der Waals surface area (Å²) in [5.74, 6) is -2.99. The summed E-state index contributed by atoms with van der Waals surface area (Å²) in [6.07, 6.45) is -0.344. The summed E-state index contributed by atoms with van der Waals surface area (Å²) >= 11 is 1.55. The number of amides is 5. The lowest BCUT2D eigenvalue weighted by Crippen LogP contribution is -2.57. The van der Waals surface area contributed by atoms with E-state index in [0.29, 0.717) is 62.3 Å². The van der Waals surface area contributed by atoms with Gasteiger partial charge in [0.1, 0.15) is 17.9 Å². The van der Waals surface area contributed by atoms with Gasteiger partial charge in [-0.2, -0.15) is 13.2 Å². The van der Waals surface area contributed by atoms with Crippen molar-refractivity contribution in [2.75, 3.05) is 50.0 Å². The maximum atomic E-state index is 16.2. The first-order valence-electron chi connectivity index (χ1n) is 25.8. The Morgan fingerprint density at radius 2 is 1.63 bits per heavy atom. The second kappa shape index (κ2) is 24.3. The van der Waals surface area contributed by atoms with Gasteiger partial charge in [-0.3, -0.25) is 33.7 Å². The molecular formula is C55H69F4N9O7S. The lowest BCUT2D eigenvalue weighted by atomic mass is 9.85. The molecule has 0 spiro atoms. The van der Waals surface area contributed by atoms with E-state index in [-0.39, 0.29) is 87.0 Å². The van der Waals surface area contributed by atoms with Gasteiger partial charge < -0.3 is 40.7 Å². The molecule has 5 amide bonds. The summed E-state index contributed by atoms with van der Waals surface area (Å²) in [6, 6.07) is 9.01. The molecule has 2 fully saturated rings. The topological polar surface area (TPSA) is 200 Å². The van der Waals surface area contributed by atoms with Crippen LogP contribution in [0.5, 0.6) is 0 Å². The van der Waals surface area contributed by atoms with E-state index >= 15 is 4.39 Å². The quantitative estimate of drug-likeness (QED) is 0.0521. The van der Waals surface area contributed by atoms with Crippen LogP contribution in [0.4, 0.5) is 28.9 Å². The zero-order chi connectivity index (χ0) is 55.2. The number of aryl methyl sites for hydroxylation is 1. The Kier molecular flexibility index (Phi) is 18.3. The van der Waals surface area contributed by atoms with Gasteiger partial charge >= 0.3 is 6.18 Å². The van der Waals surface area contributed by atoms with Gasteiger partial charge in [-0.05, 0) is 81.3 Å². The number of alkyl halides is 3. The standard InChI is InChI=1S/C55H69F4N9O7S/c1-32-28-67(29-33(2)65(32)7)44-25-42(56)39(23-43(44)63-51(73)40-27-60-47(71)24-41(40)55(57,58)59)36-18-20-66(21-19-36)48(72)13-11-9-8-10-12-46(70)64-50(54(4,5)6)53(75)68-30-38(69)22-45(68)52(74)61-26-35-14-16-37(17-15-35)49-34(3)62-31-76-49/h14-18,23-25,27,31-33,38,45,50,69H,8-13,19-22,26,28-30H2,1-7H3,(H,60,71)(H,61,74)(H,63,73)(H,64,70)/t32-,33+,38-,45+,50?/m1/s1. The van der Waals surface area contributed by atoms with E-state index in [1.54, 1.807) is 27.8 Å². The minimum Gasteiger partial charge on any atom is -0.391 e. The number of aliphatic hydroxyl groups excluding tert-OH is 1. The van der Waals surface area contributed by atoms with E-state index in [1.165, 1.54) is 17.0 Å². The Bertz CT molecular complexity index is 2850. The van der Waals surface area contributed by atoms with Crippen LogP contribution in [0.2, 0.25) is 0 Å². The summed E-state index contributed by atoms with van der Waals surface area (Å²) in [5, 5.41) is 19.0. The number of aliphatic hydroxyl groups is 1. The van der Waals surface area contributed by atoms with Gasteiger partial charge in [0, 0.05) is 88.4 Å². The third-order valence-corrected chi connectivity index (χ3v) is 15.6. The number of carbonyl (C=O) groups excluding carboxylic acids is 5. The van der Waals surface area contributed by atoms with Crippen molar-refractivity contribution in [3.8, 4) is 10.4 Å². The first kappa shape index (κ1) is 57.3. The van der Waals surface area contributed by atoms with Crippen molar-refractivity contribution in [2.24, 2.45) is 5.41 Å². The average molecular weight is 1080 g/mol. The van der Waals surface area contributed by atoms with Crippen LogP contribution < -0.4 is 26.4 Å². The molecule has 76 heavy (non-hydrogen) atoms. The smallest absolute Gasteiger partial charge is 0.391 e. The fourth-order valence-electron chi connectivity index (χ4n) is 10.1. The summed E-state index contributed by atoms with van der Waals surface area (Å²) < 4.78 is 58.1. The van der Waals surface area contributed by atoms with E-state index in [9.17, 15) is 47.0 Å². The van der Waals surface area contributed by atoms with E-state index in [1.807, 2.05) is 77.8 Å². The fraction of sp³-hybridized carbons (Fsp3) is 0.509. The molecule has 2 saturated heterocycles. The third kappa shape index (κ3) is 13.9. The molecule has 4 aromatic rings. The van der Waals surface area contributed by atoms with E-state index in [4.69, 9.17) is 0 Å². The van der Waals surface area contributed by atoms with Crippen LogP contribution in [0.3, 0.4) is 0 Å². The number of aromatic nitrogens is 2. The number of rotatable bonds is 17. The predicted molar refractivity (Wildman–Crippen MR) is 284 cm³/mol. The van der Waals surface area contributed by atoms with Gasteiger partial charge in [-0.1, -0.05) is 64.0 Å². The highest BCUT2D eigenvalue weighted by Crippen LogP contribution is 2.38. The molecule has 21 heteroatoms. The number of nitrogens with zero attached hydrogens (tertiary/aromatic N) is 5. The highest BCUT2D eigenvalue weighted by molar-refractivity contribution is 7.13. The second-order valence-corrected chi connectivity index (χ2v) is 22.2. The number of nitrogens with one attached hydrogen (secondary N) is 4. The Morgan fingerprint density at radius 1 is 0.947 bits per heavy atom. The molecule has 3 aliphatic rings. The molecule has 0 saturated carbocycles. The third-order valence-electron chi connectivity index (χ3n) is 14.7. The molecule has 1 unspecified atom stereocenters. The largest absolute Gasteiger partial charge is 0.417 e. The molecule has 410 valence electrons. The predicted octanol–water partition coefficient (Wildman–Crippen LogP) is 7.51. The second-order valence-electron chi connectivity index (χ2n) is 21.4. The number of hydrogen-bond acceptors (Lipinski definition) is 11. The Balaban J connectivity index is 0.892. The van der Waals surface area contributed by atoms with E-state index in [2.05, 4.69) is 30.8 Å². The number of likely N-dealkylation sites (tertiary alicyclic amines) is 1. The fourth-order valence-corrected chi connectivity index (χ4v) is 10.9. The number of benzene rings is 2. The molecule has 7 rings (SSSR count). The Hall–Kier alpha value is -6.45. The van der Waals surface area contributed by atoms with Crippen molar-refractivity contribution >= 4 is 57.8 Å². The van der Waals surface area contributed by atoms with Gasteiger partial charge in [0.25, 0.3) is 5.91 Å². The summed E-state index contributed by atoms with van der Waals surface area (Å²) in [4.78, 5) is 94.2. The average Bonchev–Trinajstić information content (AvgIpc) is 3.99. The number of unbranched alkanes of at least 4 members (excludes halogenated alkanes) is 3. The maximum Gasteiger partial charge on any atom is 0.417 e. The van der Waals surface area contributed by atoms with E-state index in [0.717, 1.165) is 21.7 Å². The van der Waals surface area contributed by atoms with Crippen LogP contribution in [0.25, 0.3) is 16.0 Å². The van der Waals surface area contributed by atoms with Gasteiger partial charge in [-0.25, -0.2) is 9.37 Å². The first-order chi connectivity index (χ1) is 35.9. The molecule has 2 aromatic heterocycles. The SMILES string of the molecule is Cc1ncsc1-c1ccc(CNC(=O)[C@@H]2C[C@@H](O)CN2C(=O)C(NC(=O)CCCCCCC(=O)N2CC=C(c3cc(NC(=O)c4c[nH]c(=O)cc4C(F)(F)F)c(N4C[C@@H](C)N(C)[C@@H](C)C4)cc3F)CC2)C(C)(C)C)cc1. The number of pyridine rings is 1. The summed E-state index contributed by atoms with van der Waals surface area (Å²) in [6.45, 7) is 13.0. The van der Waals surface area contributed by atoms with Gasteiger partial charge in [0.05, 0.1) is 44.7 Å². The van der Waals surface area contributed by atoms with Crippen LogP contribution in [0.1, 0.15) is 119 Å². The monoisotopic (exact) mass is 1080 g/mol. The minimum atomic E-state index is -5.00. The summed E-state index contributed by atoms with van der Waals surface area (Å²) in [7, 11) is 1.97. The van der Waals surface area contributed by atoms with E-state index < -0.39 is 70.0 Å². The van der Waals surface area contributed by atoms with Crippen molar-refractivity contribution in [1.82, 2.24) is 35.3 Å². The number of likely N-dealkylation sites (N-methyl/N-ethyl adjacent to an activating group) is 1. The number of hydrogen-bond donors (Lipinski definition) is 5. The van der Waals surface area contributed by atoms with Crippen LogP contribution in [0, 0.1) is 18.2 Å². The van der Waals surface area contributed by atoms with Crippen molar-refractivity contribution < 1.29 is 46.6 Å². The lowest BCUT2D eigenvalue weighted by Gasteiger charge is -2.44. The molecule has 0 radical (unpaired) electrons. The number of thiazole rings is 1. The lowest BCUT2D eigenvalue weighted by molar-refractivity contribution is -0.144. The number of H-pyrrole nitrogens is 1. The first-order valence-corrected chi connectivity index (χ1v) is 26.7. The van der Waals surface area contributed by atoms with Gasteiger partial charge in [0.2, 0.25) is 29.2 Å². The Labute approximate surface area is 444 Å². The molecule has 0 aliphatic carbocycles. The molecule has 5 atom stereocenters. The molecule has 0 bridgehead atoms. The molecule has 16 nitrogen and oxygen atoms in total. The van der Waals surface area contributed by atoms with Crippen LogP contribution >= 0.6 is 11.3 Å². The van der Waals surface area contributed by atoms with Crippen molar-refractivity contribution in [3.05, 3.63) is 104 Å². The number of aromatic amines is 1. The number of carbonyl (C=O) groups is 5. The number of halogens is 4. The number of piperazine rings is 1. The van der Waals surface area contributed by atoms with Crippen LogP contribution in [0.15, 0.2) is 65.0 Å². The molecule has 5 heterocycles. The minimum absolute atomic E-state index is 0.0318. The normalized spacial score (nSPS) is 19.8.